The number of nitrogen functional groups attached to an aromatic ring is 1. The molecule has 0 radical (unpaired) electrons. The van der Waals surface area contributed by atoms with Gasteiger partial charge in [0.1, 0.15) is 17.9 Å². The number of nitrogens with zero attached hydrogens (tertiary/aromatic N) is 3. The number of nitrogens with two attached hydrogens (primary N) is 2. The molecule has 3 aromatic rings. The van der Waals surface area contributed by atoms with Crippen LogP contribution in [-0.4, -0.2) is 27.0 Å². The minimum atomic E-state index is -0.462. The lowest BCUT2D eigenvalue weighted by atomic mass is 10.2. The number of aromatic nitrogens is 3. The molecule has 0 unspecified atom stereocenters. The van der Waals surface area contributed by atoms with E-state index in [4.69, 9.17) is 16.2 Å². The zero-order valence-corrected chi connectivity index (χ0v) is 13.0. The molecule has 2 heterocycles. The maximum atomic E-state index is 11.3. The lowest BCUT2D eigenvalue weighted by Gasteiger charge is -2.09. The molecule has 0 saturated heterocycles. The van der Waals surface area contributed by atoms with Crippen LogP contribution in [0.3, 0.4) is 0 Å². The van der Waals surface area contributed by atoms with E-state index in [1.165, 1.54) is 0 Å². The Kier molecular flexibility index (Phi) is 4.12. The van der Waals surface area contributed by atoms with E-state index in [9.17, 15) is 4.79 Å². The summed E-state index contributed by atoms with van der Waals surface area (Å²) in [6, 6.07) is 7.79. The lowest BCUT2D eigenvalue weighted by Crippen LogP contribution is -2.17. The van der Waals surface area contributed by atoms with Crippen molar-refractivity contribution in [3.8, 4) is 0 Å². The SMILES string of the molecule is CCCn1c(COC(=O)CN)nc2c(N)nc3ccccc3c21. The van der Waals surface area contributed by atoms with E-state index in [1.54, 1.807) is 0 Å². The molecule has 0 fully saturated rings. The molecular weight excluding hydrogens is 294 g/mol. The first-order valence-electron chi connectivity index (χ1n) is 7.54. The van der Waals surface area contributed by atoms with Crippen molar-refractivity contribution in [1.82, 2.24) is 14.5 Å². The Morgan fingerprint density at radius 3 is 2.83 bits per heavy atom. The van der Waals surface area contributed by atoms with Crippen LogP contribution in [0.5, 0.6) is 0 Å². The van der Waals surface area contributed by atoms with Crippen LogP contribution >= 0.6 is 0 Å². The van der Waals surface area contributed by atoms with Crippen LogP contribution in [0.15, 0.2) is 24.3 Å². The molecule has 0 amide bonds. The molecular formula is C16H19N5O2. The van der Waals surface area contributed by atoms with Gasteiger partial charge >= 0.3 is 5.97 Å². The second-order valence-corrected chi connectivity index (χ2v) is 5.26. The average molecular weight is 313 g/mol. The fourth-order valence-electron chi connectivity index (χ4n) is 2.68. The highest BCUT2D eigenvalue weighted by atomic mass is 16.5. The minimum absolute atomic E-state index is 0.0679. The first-order chi connectivity index (χ1) is 11.2. The molecule has 7 heteroatoms. The van der Waals surface area contributed by atoms with Crippen LogP contribution in [0, 0.1) is 0 Å². The number of benzene rings is 1. The van der Waals surface area contributed by atoms with E-state index in [0.717, 1.165) is 29.4 Å². The molecule has 0 aliphatic rings. The van der Waals surface area contributed by atoms with Crippen LogP contribution in [0.4, 0.5) is 5.82 Å². The number of hydrogen-bond acceptors (Lipinski definition) is 6. The smallest absolute Gasteiger partial charge is 0.320 e. The summed E-state index contributed by atoms with van der Waals surface area (Å²) in [4.78, 5) is 20.3. The van der Waals surface area contributed by atoms with Crippen molar-refractivity contribution in [3.63, 3.8) is 0 Å². The van der Waals surface area contributed by atoms with Gasteiger partial charge < -0.3 is 20.8 Å². The van der Waals surface area contributed by atoms with Gasteiger partial charge in [-0.2, -0.15) is 0 Å². The van der Waals surface area contributed by atoms with E-state index in [1.807, 2.05) is 28.8 Å². The zero-order valence-electron chi connectivity index (χ0n) is 13.0. The molecule has 0 saturated carbocycles. The van der Waals surface area contributed by atoms with Crippen molar-refractivity contribution in [1.29, 1.82) is 0 Å². The van der Waals surface area contributed by atoms with Crippen LogP contribution in [0.2, 0.25) is 0 Å². The van der Waals surface area contributed by atoms with Gasteiger partial charge in [-0.3, -0.25) is 4.79 Å². The summed E-state index contributed by atoms with van der Waals surface area (Å²) in [5, 5.41) is 0.981. The van der Waals surface area contributed by atoms with Crippen molar-refractivity contribution >= 4 is 33.7 Å². The summed E-state index contributed by atoms with van der Waals surface area (Å²) in [5.74, 6) is 0.560. The molecule has 23 heavy (non-hydrogen) atoms. The Labute approximate surface area is 133 Å². The van der Waals surface area contributed by atoms with Crippen molar-refractivity contribution in [2.45, 2.75) is 26.5 Å². The molecule has 120 valence electrons. The van der Waals surface area contributed by atoms with Crippen LogP contribution in [0.1, 0.15) is 19.2 Å². The molecule has 7 nitrogen and oxygen atoms in total. The third-order valence-electron chi connectivity index (χ3n) is 3.67. The average Bonchev–Trinajstić information content (AvgIpc) is 2.93. The summed E-state index contributed by atoms with van der Waals surface area (Å²) in [6.07, 6.45) is 0.917. The summed E-state index contributed by atoms with van der Waals surface area (Å²) in [7, 11) is 0. The monoisotopic (exact) mass is 313 g/mol. The molecule has 0 aliphatic carbocycles. The van der Waals surface area contributed by atoms with Gasteiger partial charge in [-0.1, -0.05) is 25.1 Å². The normalized spacial score (nSPS) is 11.2. The van der Waals surface area contributed by atoms with Gasteiger partial charge in [0, 0.05) is 11.9 Å². The van der Waals surface area contributed by atoms with Gasteiger partial charge in [0.25, 0.3) is 0 Å². The standard InChI is InChI=1S/C16H19N5O2/c1-2-7-21-12(9-23-13(22)8-17)20-14-15(21)10-5-3-4-6-11(10)19-16(14)18/h3-6H,2,7-9,17H2,1H3,(H2,18,19). The molecule has 0 atom stereocenters. The van der Waals surface area contributed by atoms with Crippen molar-refractivity contribution in [2.24, 2.45) is 5.73 Å². The number of rotatable bonds is 5. The second-order valence-electron chi connectivity index (χ2n) is 5.26. The van der Waals surface area contributed by atoms with E-state index in [-0.39, 0.29) is 13.2 Å². The highest BCUT2D eigenvalue weighted by molar-refractivity contribution is 6.06. The van der Waals surface area contributed by atoms with Crippen molar-refractivity contribution < 1.29 is 9.53 Å². The van der Waals surface area contributed by atoms with Gasteiger partial charge in [0.2, 0.25) is 0 Å². The molecule has 0 aliphatic heterocycles. The molecule has 0 spiro atoms. The lowest BCUT2D eigenvalue weighted by molar-refractivity contribution is -0.143. The number of carbonyl (C=O) groups is 1. The number of aryl methyl sites for hydroxylation is 1. The summed E-state index contributed by atoms with van der Waals surface area (Å²) < 4.78 is 7.18. The molecule has 3 rings (SSSR count). The summed E-state index contributed by atoms with van der Waals surface area (Å²) >= 11 is 0. The van der Waals surface area contributed by atoms with Gasteiger partial charge in [-0.15, -0.1) is 0 Å². The largest absolute Gasteiger partial charge is 0.457 e. The highest BCUT2D eigenvalue weighted by Gasteiger charge is 2.17. The maximum absolute atomic E-state index is 11.3. The first kappa shape index (κ1) is 15.2. The predicted molar refractivity (Wildman–Crippen MR) is 88.6 cm³/mol. The zero-order chi connectivity index (χ0) is 16.4. The quantitative estimate of drug-likeness (QED) is 0.692. The molecule has 4 N–H and O–H groups in total. The second kappa shape index (κ2) is 6.21. The first-order valence-corrected chi connectivity index (χ1v) is 7.54. The third kappa shape index (κ3) is 2.70. The summed E-state index contributed by atoms with van der Waals surface area (Å²) in [6.45, 7) is 2.74. The number of esters is 1. The minimum Gasteiger partial charge on any atom is -0.457 e. The fourth-order valence-corrected chi connectivity index (χ4v) is 2.68. The van der Waals surface area contributed by atoms with Crippen LogP contribution in [-0.2, 0) is 22.7 Å². The van der Waals surface area contributed by atoms with E-state index in [2.05, 4.69) is 16.9 Å². The Morgan fingerprint density at radius 1 is 1.30 bits per heavy atom. The highest BCUT2D eigenvalue weighted by Crippen LogP contribution is 2.29. The fraction of sp³-hybridized carbons (Fsp3) is 0.312. The molecule has 1 aromatic carbocycles. The Balaban J connectivity index is 2.21. The number of hydrogen-bond donors (Lipinski definition) is 2. The van der Waals surface area contributed by atoms with Crippen LogP contribution in [0.25, 0.3) is 21.9 Å². The van der Waals surface area contributed by atoms with Gasteiger partial charge in [0.15, 0.2) is 5.82 Å². The Morgan fingerprint density at radius 2 is 2.09 bits per heavy atom. The number of imidazole rings is 1. The number of carbonyl (C=O) groups excluding carboxylic acids is 1. The number of ether oxygens (including phenoxy) is 1. The predicted octanol–water partition coefficient (Wildman–Crippen LogP) is 1.58. The maximum Gasteiger partial charge on any atom is 0.320 e. The summed E-state index contributed by atoms with van der Waals surface area (Å²) in [5.41, 5.74) is 13.7. The number of pyridine rings is 1. The van der Waals surface area contributed by atoms with Crippen molar-refractivity contribution in [2.75, 3.05) is 12.3 Å². The third-order valence-corrected chi connectivity index (χ3v) is 3.67. The number of anilines is 1. The van der Waals surface area contributed by atoms with Crippen molar-refractivity contribution in [3.05, 3.63) is 30.1 Å². The van der Waals surface area contributed by atoms with Gasteiger partial charge in [0.05, 0.1) is 17.6 Å². The van der Waals surface area contributed by atoms with Gasteiger partial charge in [-0.25, -0.2) is 9.97 Å². The molecule has 0 bridgehead atoms. The topological polar surface area (TPSA) is 109 Å². The molecule has 2 aromatic heterocycles. The van der Waals surface area contributed by atoms with E-state index in [0.29, 0.717) is 17.2 Å². The van der Waals surface area contributed by atoms with Crippen LogP contribution < -0.4 is 11.5 Å². The van der Waals surface area contributed by atoms with E-state index < -0.39 is 5.97 Å². The Bertz CT molecular complexity index is 872. The van der Waals surface area contributed by atoms with E-state index >= 15 is 0 Å². The number of fused-ring (bicyclic) bond motifs is 3. The van der Waals surface area contributed by atoms with Gasteiger partial charge in [-0.05, 0) is 12.5 Å². The number of para-hydroxylation sites is 1. The Hall–Kier alpha value is -2.67.